The monoisotopic (exact) mass is 420 g/mol. The Hall–Kier alpha value is -1.88. The molecule has 4 nitrogen and oxygen atoms in total. The molecule has 30 heavy (non-hydrogen) atoms. The average Bonchev–Trinajstić information content (AvgIpc) is 3.65. The molecule has 4 unspecified atom stereocenters. The van der Waals surface area contributed by atoms with Crippen LogP contribution in [0.4, 0.5) is 0 Å². The van der Waals surface area contributed by atoms with E-state index in [-0.39, 0.29) is 17.4 Å². The van der Waals surface area contributed by atoms with E-state index in [0.717, 1.165) is 55.4 Å². The van der Waals surface area contributed by atoms with Gasteiger partial charge < -0.3 is 9.64 Å². The van der Waals surface area contributed by atoms with Crippen molar-refractivity contribution in [2.45, 2.75) is 49.0 Å². The van der Waals surface area contributed by atoms with Crippen molar-refractivity contribution in [1.82, 2.24) is 9.80 Å². The van der Waals surface area contributed by atoms with Gasteiger partial charge in [0.1, 0.15) is 5.66 Å². The number of nitrogens with zero attached hydrogens (tertiary/aromatic N) is 2. The molecule has 2 saturated heterocycles. The number of benzene rings is 2. The molecule has 5 heteroatoms. The van der Waals surface area contributed by atoms with Gasteiger partial charge in [-0.1, -0.05) is 41.9 Å². The van der Waals surface area contributed by atoms with Gasteiger partial charge in [-0.25, -0.2) is 0 Å². The molecule has 3 heterocycles. The summed E-state index contributed by atoms with van der Waals surface area (Å²) in [5.74, 6) is 0.930. The van der Waals surface area contributed by atoms with Gasteiger partial charge in [0.2, 0.25) is 0 Å². The van der Waals surface area contributed by atoms with Gasteiger partial charge in [0.15, 0.2) is 0 Å². The van der Waals surface area contributed by atoms with Crippen molar-refractivity contribution in [2.75, 3.05) is 19.6 Å². The predicted octanol–water partition coefficient (Wildman–Crippen LogP) is 4.17. The topological polar surface area (TPSA) is 32.8 Å². The van der Waals surface area contributed by atoms with Gasteiger partial charge in [-0.15, -0.1) is 0 Å². The van der Waals surface area contributed by atoms with Crippen molar-refractivity contribution in [1.29, 1.82) is 0 Å². The molecule has 2 aromatic rings. The third kappa shape index (κ3) is 2.12. The largest absolute Gasteiger partial charge is 0.373 e. The van der Waals surface area contributed by atoms with Gasteiger partial charge in [-0.3, -0.25) is 9.69 Å². The minimum absolute atomic E-state index is 0.0522. The summed E-state index contributed by atoms with van der Waals surface area (Å²) in [6, 6.07) is 16.5. The van der Waals surface area contributed by atoms with E-state index < -0.39 is 5.66 Å². The SMILES string of the molecule is O=C1c2ccccc2C2(CC2)C2(c3ccc(Cl)cc3)N(CC3CC4CC4O3)CCN12. The first-order valence-electron chi connectivity index (χ1n) is 11.2. The fraction of sp³-hybridized carbons (Fsp3) is 0.480. The molecule has 2 aromatic carbocycles. The van der Waals surface area contributed by atoms with Crippen LogP contribution in [0.25, 0.3) is 0 Å². The number of fused-ring (bicyclic) bond motifs is 5. The molecular weight excluding hydrogens is 396 g/mol. The highest BCUT2D eigenvalue weighted by Crippen LogP contribution is 2.67. The first kappa shape index (κ1) is 17.8. The van der Waals surface area contributed by atoms with Crippen LogP contribution in [0.1, 0.15) is 47.2 Å². The molecule has 0 aromatic heterocycles. The second-order valence-electron chi connectivity index (χ2n) is 9.74. The average molecular weight is 421 g/mol. The summed E-state index contributed by atoms with van der Waals surface area (Å²) >= 11 is 6.27. The Morgan fingerprint density at radius 2 is 1.83 bits per heavy atom. The van der Waals surface area contributed by atoms with E-state index in [1.807, 2.05) is 24.3 Å². The van der Waals surface area contributed by atoms with E-state index in [0.29, 0.717) is 6.10 Å². The Morgan fingerprint density at radius 1 is 1.03 bits per heavy atom. The minimum Gasteiger partial charge on any atom is -0.373 e. The highest BCUT2D eigenvalue weighted by atomic mass is 35.5. The summed E-state index contributed by atoms with van der Waals surface area (Å²) in [7, 11) is 0. The van der Waals surface area contributed by atoms with Crippen LogP contribution in [0.5, 0.6) is 0 Å². The predicted molar refractivity (Wildman–Crippen MR) is 114 cm³/mol. The zero-order chi connectivity index (χ0) is 20.1. The van der Waals surface area contributed by atoms with E-state index in [2.05, 4.69) is 34.1 Å². The van der Waals surface area contributed by atoms with Crippen molar-refractivity contribution in [3.63, 3.8) is 0 Å². The minimum atomic E-state index is -0.445. The van der Waals surface area contributed by atoms with Crippen molar-refractivity contribution >= 4 is 17.5 Å². The highest BCUT2D eigenvalue weighted by molar-refractivity contribution is 6.30. The van der Waals surface area contributed by atoms with Gasteiger partial charge in [0.25, 0.3) is 5.91 Å². The van der Waals surface area contributed by atoms with Gasteiger partial charge in [-0.2, -0.15) is 0 Å². The molecule has 0 N–H and O–H groups in total. The standard InChI is InChI=1S/C25H25ClN2O2/c26-18-7-5-17(6-8-18)25-24(9-10-24)21-4-2-1-3-20(21)23(29)28(25)12-11-27(25)15-19-13-16-14-22(16)30-19/h1-8,16,19,22H,9-15H2. The molecule has 0 radical (unpaired) electrons. The van der Waals surface area contributed by atoms with Crippen LogP contribution in [-0.4, -0.2) is 47.5 Å². The molecule has 4 fully saturated rings. The fourth-order valence-corrected chi connectivity index (χ4v) is 6.97. The molecule has 2 aliphatic carbocycles. The Labute approximate surface area is 181 Å². The maximum Gasteiger partial charge on any atom is 0.255 e. The van der Waals surface area contributed by atoms with Crippen molar-refractivity contribution in [3.05, 3.63) is 70.2 Å². The van der Waals surface area contributed by atoms with Crippen LogP contribution in [0.15, 0.2) is 48.5 Å². The number of halogens is 1. The van der Waals surface area contributed by atoms with E-state index in [1.165, 1.54) is 17.5 Å². The fourth-order valence-electron chi connectivity index (χ4n) is 6.85. The molecule has 5 aliphatic rings. The first-order valence-corrected chi connectivity index (χ1v) is 11.6. The van der Waals surface area contributed by atoms with Crippen LogP contribution in [0.2, 0.25) is 5.02 Å². The number of hydrogen-bond acceptors (Lipinski definition) is 3. The van der Waals surface area contributed by atoms with Crippen molar-refractivity contribution < 1.29 is 9.53 Å². The summed E-state index contributed by atoms with van der Waals surface area (Å²) in [6.45, 7) is 2.54. The summed E-state index contributed by atoms with van der Waals surface area (Å²) < 4.78 is 6.30. The second kappa shape index (κ2) is 5.87. The van der Waals surface area contributed by atoms with Crippen molar-refractivity contribution in [3.8, 4) is 0 Å². The summed E-state index contributed by atoms with van der Waals surface area (Å²) in [5.41, 5.74) is 2.80. The molecule has 1 amide bonds. The quantitative estimate of drug-likeness (QED) is 0.747. The van der Waals surface area contributed by atoms with E-state index in [1.54, 1.807) is 0 Å². The summed E-state index contributed by atoms with van der Waals surface area (Å²) in [5, 5.41) is 0.734. The number of carbonyl (C=O) groups is 1. The van der Waals surface area contributed by atoms with Crippen LogP contribution in [-0.2, 0) is 15.8 Å². The van der Waals surface area contributed by atoms with Crippen LogP contribution >= 0.6 is 11.6 Å². The maximum atomic E-state index is 13.7. The molecule has 0 bridgehead atoms. The lowest BCUT2D eigenvalue weighted by atomic mass is 9.71. The van der Waals surface area contributed by atoms with E-state index >= 15 is 0 Å². The zero-order valence-corrected chi connectivity index (χ0v) is 17.6. The van der Waals surface area contributed by atoms with Crippen LogP contribution < -0.4 is 0 Å². The van der Waals surface area contributed by atoms with Gasteiger partial charge in [0, 0.05) is 35.6 Å². The van der Waals surface area contributed by atoms with Gasteiger partial charge in [-0.05, 0) is 60.9 Å². The Bertz CT molecular complexity index is 1040. The normalized spacial score (nSPS) is 35.3. The van der Waals surface area contributed by atoms with Crippen LogP contribution in [0.3, 0.4) is 0 Å². The molecule has 3 aliphatic heterocycles. The highest BCUT2D eigenvalue weighted by Gasteiger charge is 2.72. The van der Waals surface area contributed by atoms with Gasteiger partial charge in [0.05, 0.1) is 12.2 Å². The molecule has 2 saturated carbocycles. The number of ether oxygens (including phenoxy) is 1. The lowest BCUT2D eigenvalue weighted by Gasteiger charge is -2.54. The van der Waals surface area contributed by atoms with E-state index in [9.17, 15) is 4.79 Å². The summed E-state index contributed by atoms with van der Waals surface area (Å²) in [4.78, 5) is 18.5. The zero-order valence-electron chi connectivity index (χ0n) is 16.9. The number of carbonyl (C=O) groups excluding carboxylic acids is 1. The van der Waals surface area contributed by atoms with Gasteiger partial charge >= 0.3 is 0 Å². The molecule has 154 valence electrons. The molecule has 4 atom stereocenters. The molecule has 1 spiro atoms. The Balaban J connectivity index is 1.41. The van der Waals surface area contributed by atoms with Crippen LogP contribution in [0, 0.1) is 5.92 Å². The number of hydrogen-bond donors (Lipinski definition) is 0. The smallest absolute Gasteiger partial charge is 0.255 e. The summed E-state index contributed by atoms with van der Waals surface area (Å²) in [6.07, 6.45) is 5.37. The molecule has 7 rings (SSSR count). The Kier molecular flexibility index (Phi) is 3.48. The Morgan fingerprint density at radius 3 is 2.57 bits per heavy atom. The lowest BCUT2D eigenvalue weighted by molar-refractivity contribution is -0.0509. The number of amides is 1. The third-order valence-corrected chi connectivity index (χ3v) is 8.49. The van der Waals surface area contributed by atoms with Crippen molar-refractivity contribution in [2.24, 2.45) is 5.92 Å². The maximum absolute atomic E-state index is 13.7. The lowest BCUT2D eigenvalue weighted by Crippen LogP contribution is -2.64. The number of rotatable bonds is 3. The van der Waals surface area contributed by atoms with E-state index in [4.69, 9.17) is 16.3 Å². The first-order chi connectivity index (χ1) is 14.6. The molecular formula is C25H25ClN2O2. The second-order valence-corrected chi connectivity index (χ2v) is 10.2. The third-order valence-electron chi connectivity index (χ3n) is 8.24.